The third kappa shape index (κ3) is 5.67. The Bertz CT molecular complexity index is 1010. The van der Waals surface area contributed by atoms with Crippen LogP contribution >= 0.6 is 11.6 Å². The maximum Gasteiger partial charge on any atom is 0.258 e. The number of benzene rings is 2. The van der Waals surface area contributed by atoms with Crippen molar-refractivity contribution in [2.45, 2.75) is 51.6 Å². The van der Waals surface area contributed by atoms with E-state index in [9.17, 15) is 14.0 Å². The van der Waals surface area contributed by atoms with Crippen molar-refractivity contribution in [2.24, 2.45) is 17.8 Å². The van der Waals surface area contributed by atoms with Crippen molar-refractivity contribution in [2.75, 3.05) is 6.61 Å². The molecule has 7 heteroatoms. The number of amides is 2. The van der Waals surface area contributed by atoms with E-state index in [4.69, 9.17) is 16.3 Å². The second-order valence-electron chi connectivity index (χ2n) is 9.49. The highest BCUT2D eigenvalue weighted by Crippen LogP contribution is 2.49. The van der Waals surface area contributed by atoms with Crippen molar-refractivity contribution in [3.8, 4) is 5.75 Å². The quantitative estimate of drug-likeness (QED) is 0.578. The number of carbonyl (C=O) groups excluding carboxylic acids is 2. The van der Waals surface area contributed by atoms with Crippen LogP contribution < -0.4 is 15.4 Å². The van der Waals surface area contributed by atoms with Crippen LogP contribution in [0.5, 0.6) is 5.75 Å². The van der Waals surface area contributed by atoms with Gasteiger partial charge in [0, 0.05) is 24.6 Å². The highest BCUT2D eigenvalue weighted by molar-refractivity contribution is 6.30. The summed E-state index contributed by atoms with van der Waals surface area (Å²) in [5, 5.41) is 6.10. The van der Waals surface area contributed by atoms with Crippen LogP contribution in [-0.2, 0) is 16.1 Å². The largest absolute Gasteiger partial charge is 0.484 e. The fourth-order valence-electron chi connectivity index (χ4n) is 4.83. The van der Waals surface area contributed by atoms with Crippen molar-refractivity contribution in [1.29, 1.82) is 0 Å². The first-order chi connectivity index (χ1) is 15.8. The highest BCUT2D eigenvalue weighted by atomic mass is 35.5. The molecule has 176 valence electrons. The summed E-state index contributed by atoms with van der Waals surface area (Å²) >= 11 is 5.66. The maximum absolute atomic E-state index is 13.5. The molecule has 0 saturated heterocycles. The molecule has 2 aromatic carbocycles. The van der Waals surface area contributed by atoms with E-state index in [2.05, 4.69) is 48.7 Å². The van der Waals surface area contributed by atoms with Crippen molar-refractivity contribution < 1.29 is 18.7 Å². The normalized spacial score (nSPS) is 23.5. The lowest BCUT2D eigenvalue weighted by Gasteiger charge is -2.50. The molecule has 0 radical (unpaired) electrons. The Balaban J connectivity index is 1.26. The Labute approximate surface area is 199 Å². The molecular weight excluding hydrogens is 443 g/mol. The van der Waals surface area contributed by atoms with Crippen LogP contribution in [0.1, 0.15) is 50.2 Å². The first-order valence-corrected chi connectivity index (χ1v) is 11.9. The first kappa shape index (κ1) is 23.6. The van der Waals surface area contributed by atoms with Crippen molar-refractivity contribution in [1.82, 2.24) is 10.6 Å². The molecule has 5 rings (SSSR count). The second-order valence-corrected chi connectivity index (χ2v) is 9.89. The number of fused-ring (bicyclic) bond motifs is 2. The molecule has 0 heterocycles. The Hall–Kier alpha value is -2.60. The van der Waals surface area contributed by atoms with Crippen LogP contribution in [0, 0.1) is 23.6 Å². The van der Waals surface area contributed by atoms with Gasteiger partial charge in [-0.2, -0.15) is 0 Å². The smallest absolute Gasteiger partial charge is 0.258 e. The number of nitrogens with one attached hydrogen (secondary N) is 2. The summed E-state index contributed by atoms with van der Waals surface area (Å²) in [6.07, 6.45) is 2.54. The van der Waals surface area contributed by atoms with Crippen LogP contribution in [0.4, 0.5) is 4.39 Å². The average molecular weight is 473 g/mol. The molecule has 0 spiro atoms. The summed E-state index contributed by atoms with van der Waals surface area (Å²) in [5.74, 6) is 0.613. The van der Waals surface area contributed by atoms with Gasteiger partial charge in [0.15, 0.2) is 6.61 Å². The van der Waals surface area contributed by atoms with Gasteiger partial charge in [-0.3, -0.25) is 9.59 Å². The fraction of sp³-hybridized carbons (Fsp3) is 0.462. The van der Waals surface area contributed by atoms with Crippen LogP contribution in [0.15, 0.2) is 42.5 Å². The Morgan fingerprint density at radius 3 is 2.48 bits per heavy atom. The standard InChI is InChI=1S/C26H30ClFN2O3/c1-15(2)17-5-3-16(4-6-17)13-29-26(32)21-12-24(19-9-18(21)10-19)30-25(31)14-33-20-7-8-22(27)23(28)11-20/h3-8,11,15,18-19,21,24H,9-10,12-14H2,1-2H3,(H,29,32)(H,30,31)/t18?,19?,21-,24?/m1/s1. The van der Waals surface area contributed by atoms with Crippen LogP contribution in [0.3, 0.4) is 0 Å². The van der Waals surface area contributed by atoms with Crippen LogP contribution in [0.25, 0.3) is 0 Å². The van der Waals surface area contributed by atoms with Gasteiger partial charge in [-0.15, -0.1) is 0 Å². The fourth-order valence-corrected chi connectivity index (χ4v) is 4.94. The van der Waals surface area contributed by atoms with Gasteiger partial charge in [0.25, 0.3) is 5.91 Å². The molecule has 33 heavy (non-hydrogen) atoms. The summed E-state index contributed by atoms with van der Waals surface area (Å²) < 4.78 is 18.9. The number of carbonyl (C=O) groups is 2. The molecule has 1 unspecified atom stereocenters. The number of hydrogen-bond donors (Lipinski definition) is 2. The molecule has 2 atom stereocenters. The van der Waals surface area contributed by atoms with Crippen molar-refractivity contribution in [3.63, 3.8) is 0 Å². The molecule has 3 aliphatic carbocycles. The van der Waals surface area contributed by atoms with Gasteiger partial charge in [0.1, 0.15) is 11.6 Å². The summed E-state index contributed by atoms with van der Waals surface area (Å²) in [4.78, 5) is 25.3. The second kappa shape index (κ2) is 10.1. The minimum Gasteiger partial charge on any atom is -0.484 e. The summed E-state index contributed by atoms with van der Waals surface area (Å²) in [6, 6.07) is 12.4. The lowest BCUT2D eigenvalue weighted by molar-refractivity contribution is -0.136. The topological polar surface area (TPSA) is 67.4 Å². The van der Waals surface area contributed by atoms with E-state index in [0.29, 0.717) is 30.7 Å². The molecule has 0 aliphatic heterocycles. The number of ether oxygens (including phenoxy) is 1. The Morgan fingerprint density at radius 2 is 1.82 bits per heavy atom. The number of hydrogen-bond acceptors (Lipinski definition) is 3. The maximum atomic E-state index is 13.5. The van der Waals surface area contributed by atoms with Crippen LogP contribution in [-0.4, -0.2) is 24.5 Å². The first-order valence-electron chi connectivity index (χ1n) is 11.5. The molecular formula is C26H30ClFN2O3. The molecule has 3 fully saturated rings. The van der Waals surface area contributed by atoms with Gasteiger partial charge >= 0.3 is 0 Å². The zero-order chi connectivity index (χ0) is 23.5. The van der Waals surface area contributed by atoms with Crippen molar-refractivity contribution >= 4 is 23.4 Å². The van der Waals surface area contributed by atoms with E-state index in [1.54, 1.807) is 0 Å². The molecule has 5 nitrogen and oxygen atoms in total. The average Bonchev–Trinajstić information content (AvgIpc) is 2.77. The third-order valence-corrected chi connectivity index (χ3v) is 7.22. The van der Waals surface area contributed by atoms with Crippen LogP contribution in [0.2, 0.25) is 5.02 Å². The zero-order valence-corrected chi connectivity index (χ0v) is 19.7. The molecule has 2 N–H and O–H groups in total. The molecule has 2 bridgehead atoms. The molecule has 2 aromatic rings. The van der Waals surface area contributed by atoms with Gasteiger partial charge in [-0.05, 0) is 60.3 Å². The van der Waals surface area contributed by atoms with E-state index in [1.807, 2.05) is 0 Å². The SMILES string of the molecule is CC(C)c1ccc(CNC(=O)[C@@H]2CC(NC(=O)COc3ccc(Cl)c(F)c3)C3CC2C3)cc1. The van der Waals surface area contributed by atoms with Gasteiger partial charge in [-0.1, -0.05) is 49.7 Å². The van der Waals surface area contributed by atoms with Crippen molar-refractivity contribution in [3.05, 3.63) is 64.4 Å². The highest BCUT2D eigenvalue weighted by Gasteiger charge is 2.48. The van der Waals surface area contributed by atoms with Gasteiger partial charge < -0.3 is 15.4 Å². The monoisotopic (exact) mass is 472 g/mol. The zero-order valence-electron chi connectivity index (χ0n) is 18.9. The molecule has 3 saturated carbocycles. The number of rotatable bonds is 8. The minimum absolute atomic E-state index is 0.00503. The Morgan fingerprint density at radius 1 is 1.09 bits per heavy atom. The summed E-state index contributed by atoms with van der Waals surface area (Å²) in [7, 11) is 0. The Kier molecular flexibility index (Phi) is 7.23. The van der Waals surface area contributed by atoms with Gasteiger partial charge in [0.2, 0.25) is 5.91 Å². The minimum atomic E-state index is -0.591. The summed E-state index contributed by atoms with van der Waals surface area (Å²) in [6.45, 7) is 4.61. The van der Waals surface area contributed by atoms with E-state index >= 15 is 0 Å². The molecule has 0 aromatic heterocycles. The van der Waals surface area contributed by atoms with E-state index in [1.165, 1.54) is 17.7 Å². The van der Waals surface area contributed by atoms with Gasteiger partial charge in [-0.25, -0.2) is 4.39 Å². The van der Waals surface area contributed by atoms with E-state index in [-0.39, 0.29) is 41.2 Å². The summed E-state index contributed by atoms with van der Waals surface area (Å²) in [5.41, 5.74) is 2.36. The number of halogens is 2. The molecule has 3 aliphatic rings. The third-order valence-electron chi connectivity index (χ3n) is 6.91. The molecule has 2 amide bonds. The lowest BCUT2D eigenvalue weighted by atomic mass is 9.57. The predicted molar refractivity (Wildman–Crippen MR) is 126 cm³/mol. The van der Waals surface area contributed by atoms with Gasteiger partial charge in [0.05, 0.1) is 5.02 Å². The van der Waals surface area contributed by atoms with E-state index < -0.39 is 5.82 Å². The lowest BCUT2D eigenvalue weighted by Crippen LogP contribution is -2.56. The predicted octanol–water partition coefficient (Wildman–Crippen LogP) is 4.83. The van der Waals surface area contributed by atoms with E-state index in [0.717, 1.165) is 24.5 Å².